The highest BCUT2D eigenvalue weighted by Gasteiger charge is 2.18. The van der Waals surface area contributed by atoms with Gasteiger partial charge in [0, 0.05) is 17.1 Å². The minimum Gasteiger partial charge on any atom is -0.494 e. The molecule has 0 amide bonds. The van der Waals surface area contributed by atoms with Gasteiger partial charge in [0.05, 0.1) is 33.0 Å². The number of fused-ring (bicyclic) bond motifs is 1. The van der Waals surface area contributed by atoms with Crippen LogP contribution in [-0.4, -0.2) is 24.2 Å². The second-order valence-corrected chi connectivity index (χ2v) is 6.80. The monoisotopic (exact) mass is 455 g/mol. The van der Waals surface area contributed by atoms with Crippen LogP contribution >= 0.6 is 12.4 Å². The Morgan fingerprint density at radius 1 is 0.938 bits per heavy atom. The van der Waals surface area contributed by atoms with Gasteiger partial charge in [-0.2, -0.15) is 5.06 Å². The van der Waals surface area contributed by atoms with Gasteiger partial charge >= 0.3 is 0 Å². The number of nitrogens with zero attached hydrogens (tertiary/aromatic N) is 3. The van der Waals surface area contributed by atoms with Gasteiger partial charge in [0.1, 0.15) is 17.3 Å². The first-order valence-electron chi connectivity index (χ1n) is 9.73. The van der Waals surface area contributed by atoms with Crippen LogP contribution in [0.1, 0.15) is 11.1 Å². The first kappa shape index (κ1) is 23.4. The molecule has 0 aliphatic heterocycles. The second kappa shape index (κ2) is 10.9. The fourth-order valence-corrected chi connectivity index (χ4v) is 3.22. The maximum atomic E-state index is 13.7. The molecule has 0 radical (unpaired) electrons. The van der Waals surface area contributed by atoms with Crippen molar-refractivity contribution in [2.75, 3.05) is 19.3 Å². The van der Waals surface area contributed by atoms with Crippen molar-refractivity contribution in [3.63, 3.8) is 0 Å². The van der Waals surface area contributed by atoms with Gasteiger partial charge in [0.2, 0.25) is 0 Å². The van der Waals surface area contributed by atoms with E-state index >= 15 is 0 Å². The SMILES string of the molecule is COc1cc(COCc2ccccc2F)ccc1N(OC)c1ncc2ccccc2n1.Cl. The minimum absolute atomic E-state index is 0. The molecule has 0 bridgehead atoms. The van der Waals surface area contributed by atoms with E-state index in [1.807, 2.05) is 42.5 Å². The highest BCUT2D eigenvalue weighted by molar-refractivity contribution is 5.85. The molecule has 3 aromatic carbocycles. The van der Waals surface area contributed by atoms with Crippen LogP contribution in [0, 0.1) is 5.82 Å². The molecule has 1 heterocycles. The molecule has 4 rings (SSSR count). The van der Waals surface area contributed by atoms with E-state index in [9.17, 15) is 4.39 Å². The summed E-state index contributed by atoms with van der Waals surface area (Å²) < 4.78 is 25.0. The lowest BCUT2D eigenvalue weighted by molar-refractivity contribution is 0.104. The zero-order valence-electron chi connectivity index (χ0n) is 17.7. The molecule has 0 aliphatic rings. The smallest absolute Gasteiger partial charge is 0.255 e. The zero-order chi connectivity index (χ0) is 21.6. The van der Waals surface area contributed by atoms with Crippen molar-refractivity contribution in [1.82, 2.24) is 9.97 Å². The second-order valence-electron chi connectivity index (χ2n) is 6.80. The Balaban J connectivity index is 0.00000289. The number of hydrogen-bond acceptors (Lipinski definition) is 6. The van der Waals surface area contributed by atoms with Crippen molar-refractivity contribution in [2.24, 2.45) is 0 Å². The van der Waals surface area contributed by atoms with Gasteiger partial charge in [-0.15, -0.1) is 12.4 Å². The van der Waals surface area contributed by atoms with E-state index < -0.39 is 0 Å². The molecule has 0 saturated heterocycles. The molecule has 32 heavy (non-hydrogen) atoms. The third kappa shape index (κ3) is 5.13. The zero-order valence-corrected chi connectivity index (χ0v) is 18.5. The first-order valence-corrected chi connectivity index (χ1v) is 9.73. The summed E-state index contributed by atoms with van der Waals surface area (Å²) in [6, 6.07) is 19.9. The Morgan fingerprint density at radius 2 is 1.72 bits per heavy atom. The molecule has 6 nitrogen and oxygen atoms in total. The number of ether oxygens (including phenoxy) is 2. The normalized spacial score (nSPS) is 10.6. The van der Waals surface area contributed by atoms with Crippen LogP contribution < -0.4 is 9.80 Å². The molecule has 0 aliphatic carbocycles. The Kier molecular flexibility index (Phi) is 7.94. The topological polar surface area (TPSA) is 56.7 Å². The number of hydrogen-bond donors (Lipinski definition) is 0. The van der Waals surface area contributed by atoms with Crippen molar-refractivity contribution >= 4 is 34.9 Å². The largest absolute Gasteiger partial charge is 0.494 e. The molecular weight excluding hydrogens is 433 g/mol. The van der Waals surface area contributed by atoms with Crippen LogP contribution in [0.4, 0.5) is 16.0 Å². The van der Waals surface area contributed by atoms with Crippen molar-refractivity contribution in [2.45, 2.75) is 13.2 Å². The number of halogens is 2. The predicted octanol–water partition coefficient (Wildman–Crippen LogP) is 5.62. The fourth-order valence-electron chi connectivity index (χ4n) is 3.22. The first-order chi connectivity index (χ1) is 15.2. The van der Waals surface area contributed by atoms with E-state index in [4.69, 9.17) is 14.3 Å². The number of anilines is 2. The van der Waals surface area contributed by atoms with Crippen molar-refractivity contribution in [3.05, 3.63) is 89.9 Å². The van der Waals surface area contributed by atoms with Gasteiger partial charge in [0.15, 0.2) is 0 Å². The molecule has 0 spiro atoms. The average Bonchev–Trinajstić information content (AvgIpc) is 2.81. The summed E-state index contributed by atoms with van der Waals surface area (Å²) in [4.78, 5) is 14.6. The molecule has 0 fully saturated rings. The molecule has 0 N–H and O–H groups in total. The number of methoxy groups -OCH3 is 1. The van der Waals surface area contributed by atoms with E-state index in [0.29, 0.717) is 29.6 Å². The van der Waals surface area contributed by atoms with Crippen LogP contribution in [0.3, 0.4) is 0 Å². The Morgan fingerprint density at radius 3 is 2.50 bits per heavy atom. The van der Waals surface area contributed by atoms with Gasteiger partial charge in [-0.3, -0.25) is 4.84 Å². The molecule has 1 aromatic heterocycles. The third-order valence-electron chi connectivity index (χ3n) is 4.79. The van der Waals surface area contributed by atoms with Gasteiger partial charge in [-0.25, -0.2) is 14.4 Å². The van der Waals surface area contributed by atoms with Gasteiger partial charge in [-0.1, -0.05) is 42.5 Å². The summed E-state index contributed by atoms with van der Waals surface area (Å²) in [5, 5.41) is 2.45. The fraction of sp³-hybridized carbons (Fsp3) is 0.167. The summed E-state index contributed by atoms with van der Waals surface area (Å²) in [6.45, 7) is 0.496. The standard InChI is InChI=1S/C24H22FN3O3.ClH/c1-29-23-13-17(15-31-16-19-8-3-5-9-20(19)25)11-12-22(23)28(30-2)24-26-14-18-7-4-6-10-21(18)27-24;/h3-14H,15-16H2,1-2H3;1H. The maximum absolute atomic E-state index is 13.7. The van der Waals surface area contributed by atoms with Crippen LogP contribution in [0.2, 0.25) is 0 Å². The molecule has 8 heteroatoms. The maximum Gasteiger partial charge on any atom is 0.255 e. The van der Waals surface area contributed by atoms with Gasteiger partial charge in [0.25, 0.3) is 5.95 Å². The minimum atomic E-state index is -0.276. The lowest BCUT2D eigenvalue weighted by Gasteiger charge is -2.22. The molecular formula is C24H23ClFN3O3. The van der Waals surface area contributed by atoms with Crippen LogP contribution in [-0.2, 0) is 22.8 Å². The summed E-state index contributed by atoms with van der Waals surface area (Å²) >= 11 is 0. The van der Waals surface area contributed by atoms with Gasteiger partial charge < -0.3 is 9.47 Å². The molecule has 0 atom stereocenters. The van der Waals surface area contributed by atoms with E-state index in [0.717, 1.165) is 16.5 Å². The molecule has 0 saturated carbocycles. The average molecular weight is 456 g/mol. The van der Waals surface area contributed by atoms with Gasteiger partial charge in [-0.05, 0) is 29.8 Å². The number of rotatable bonds is 8. The van der Waals surface area contributed by atoms with E-state index in [-0.39, 0.29) is 24.8 Å². The Bertz CT molecular complexity index is 1190. The van der Waals surface area contributed by atoms with Crippen LogP contribution in [0.25, 0.3) is 10.9 Å². The lowest BCUT2D eigenvalue weighted by Crippen LogP contribution is -2.18. The van der Waals surface area contributed by atoms with Crippen molar-refractivity contribution < 1.29 is 18.7 Å². The summed E-state index contributed by atoms with van der Waals surface area (Å²) in [5.74, 6) is 0.690. The highest BCUT2D eigenvalue weighted by Crippen LogP contribution is 2.33. The van der Waals surface area contributed by atoms with E-state index in [1.54, 1.807) is 38.6 Å². The lowest BCUT2D eigenvalue weighted by atomic mass is 10.2. The number of benzene rings is 3. The number of aromatic nitrogens is 2. The van der Waals surface area contributed by atoms with Crippen molar-refractivity contribution in [3.8, 4) is 5.75 Å². The summed E-state index contributed by atoms with van der Waals surface area (Å²) in [5.41, 5.74) is 2.86. The molecule has 0 unspecified atom stereocenters. The Hall–Kier alpha value is -3.26. The van der Waals surface area contributed by atoms with Crippen LogP contribution in [0.15, 0.2) is 72.9 Å². The Labute approximate surface area is 191 Å². The van der Waals surface area contributed by atoms with E-state index in [2.05, 4.69) is 9.97 Å². The molecule has 166 valence electrons. The predicted molar refractivity (Wildman–Crippen MR) is 124 cm³/mol. The highest BCUT2D eigenvalue weighted by atomic mass is 35.5. The quantitative estimate of drug-likeness (QED) is 0.322. The third-order valence-corrected chi connectivity index (χ3v) is 4.79. The van der Waals surface area contributed by atoms with Crippen LogP contribution in [0.5, 0.6) is 5.75 Å². The van der Waals surface area contributed by atoms with E-state index in [1.165, 1.54) is 11.1 Å². The van der Waals surface area contributed by atoms with Crippen molar-refractivity contribution in [1.29, 1.82) is 0 Å². The summed E-state index contributed by atoms with van der Waals surface area (Å²) in [7, 11) is 3.13. The molecule has 4 aromatic rings. The summed E-state index contributed by atoms with van der Waals surface area (Å²) in [6.07, 6.45) is 1.75. The number of para-hydroxylation sites is 1.